The first-order valence-electron chi connectivity index (χ1n) is 4.86. The molecule has 0 aromatic carbocycles. The zero-order valence-electron chi connectivity index (χ0n) is 9.01. The second-order valence-corrected chi connectivity index (χ2v) is 3.73. The zero-order chi connectivity index (χ0) is 12.3. The third-order valence-corrected chi connectivity index (χ3v) is 2.46. The van der Waals surface area contributed by atoms with Crippen LogP contribution in [-0.4, -0.2) is 20.9 Å². The summed E-state index contributed by atoms with van der Waals surface area (Å²) in [5.41, 5.74) is 1.62. The standard InChI is InChI=1S/C11H9ClN4O/c1-7-4-8(5-15-10(7)12)16-11(17)9-6-13-2-3-14-9/h2-6H,1H3,(H,16,17). The summed E-state index contributed by atoms with van der Waals surface area (Å²) in [6, 6.07) is 1.74. The van der Waals surface area contributed by atoms with E-state index >= 15 is 0 Å². The molecule has 0 aliphatic heterocycles. The van der Waals surface area contributed by atoms with Crippen molar-refractivity contribution >= 4 is 23.2 Å². The molecule has 0 saturated carbocycles. The molecule has 0 aliphatic rings. The number of carbonyl (C=O) groups is 1. The smallest absolute Gasteiger partial charge is 0.275 e. The maximum atomic E-state index is 11.7. The van der Waals surface area contributed by atoms with Gasteiger partial charge in [0.1, 0.15) is 10.8 Å². The van der Waals surface area contributed by atoms with Crippen LogP contribution in [0.1, 0.15) is 16.1 Å². The first kappa shape index (κ1) is 11.5. The minimum Gasteiger partial charge on any atom is -0.319 e. The number of pyridine rings is 1. The van der Waals surface area contributed by atoms with Gasteiger partial charge in [0.2, 0.25) is 0 Å². The van der Waals surface area contributed by atoms with Crippen molar-refractivity contribution in [3.05, 3.63) is 47.3 Å². The van der Waals surface area contributed by atoms with Crippen LogP contribution in [0.25, 0.3) is 0 Å². The fourth-order valence-corrected chi connectivity index (χ4v) is 1.34. The highest BCUT2D eigenvalue weighted by atomic mass is 35.5. The topological polar surface area (TPSA) is 67.8 Å². The number of halogens is 1. The van der Waals surface area contributed by atoms with Crippen LogP contribution >= 0.6 is 11.6 Å². The van der Waals surface area contributed by atoms with Crippen LogP contribution in [0.4, 0.5) is 5.69 Å². The average Bonchev–Trinajstić information content (AvgIpc) is 2.35. The molecule has 86 valence electrons. The number of amides is 1. The molecule has 6 heteroatoms. The van der Waals surface area contributed by atoms with Gasteiger partial charge in [-0.05, 0) is 18.6 Å². The van der Waals surface area contributed by atoms with Crippen molar-refractivity contribution in [2.75, 3.05) is 5.32 Å². The highest BCUT2D eigenvalue weighted by Gasteiger charge is 2.08. The van der Waals surface area contributed by atoms with E-state index in [-0.39, 0.29) is 11.6 Å². The van der Waals surface area contributed by atoms with Crippen LogP contribution < -0.4 is 5.32 Å². The number of nitrogens with one attached hydrogen (secondary N) is 1. The number of rotatable bonds is 2. The molecule has 1 N–H and O–H groups in total. The number of hydrogen-bond acceptors (Lipinski definition) is 4. The van der Waals surface area contributed by atoms with E-state index in [4.69, 9.17) is 11.6 Å². The molecule has 2 heterocycles. The van der Waals surface area contributed by atoms with E-state index in [2.05, 4.69) is 20.3 Å². The fraction of sp³-hybridized carbons (Fsp3) is 0.0909. The summed E-state index contributed by atoms with van der Waals surface area (Å²) in [6.07, 6.45) is 5.85. The molecule has 0 radical (unpaired) electrons. The van der Waals surface area contributed by atoms with E-state index in [0.29, 0.717) is 10.8 Å². The molecule has 0 saturated heterocycles. The quantitative estimate of drug-likeness (QED) is 0.827. The summed E-state index contributed by atoms with van der Waals surface area (Å²) in [7, 11) is 0. The minimum absolute atomic E-state index is 0.250. The Bertz CT molecular complexity index is 544. The number of aromatic nitrogens is 3. The first-order chi connectivity index (χ1) is 8.16. The monoisotopic (exact) mass is 248 g/mol. The van der Waals surface area contributed by atoms with Gasteiger partial charge in [-0.25, -0.2) is 9.97 Å². The molecule has 2 aromatic heterocycles. The lowest BCUT2D eigenvalue weighted by atomic mass is 10.3. The van der Waals surface area contributed by atoms with Crippen LogP contribution in [0.2, 0.25) is 5.15 Å². The molecule has 1 amide bonds. The van der Waals surface area contributed by atoms with Crippen LogP contribution in [0, 0.1) is 6.92 Å². The van der Waals surface area contributed by atoms with Gasteiger partial charge >= 0.3 is 0 Å². The molecule has 0 fully saturated rings. The maximum absolute atomic E-state index is 11.7. The van der Waals surface area contributed by atoms with Gasteiger partial charge in [0.05, 0.1) is 18.1 Å². The third-order valence-electron chi connectivity index (χ3n) is 2.07. The molecule has 5 nitrogen and oxygen atoms in total. The van der Waals surface area contributed by atoms with Crippen molar-refractivity contribution in [1.82, 2.24) is 15.0 Å². The summed E-state index contributed by atoms with van der Waals surface area (Å²) in [5, 5.41) is 3.08. The largest absolute Gasteiger partial charge is 0.319 e. The molecule has 0 atom stereocenters. The van der Waals surface area contributed by atoms with Gasteiger partial charge in [-0.15, -0.1) is 0 Å². The fourth-order valence-electron chi connectivity index (χ4n) is 1.24. The van der Waals surface area contributed by atoms with Gasteiger partial charge in [-0.2, -0.15) is 0 Å². The van der Waals surface area contributed by atoms with Crippen molar-refractivity contribution in [2.45, 2.75) is 6.92 Å². The van der Waals surface area contributed by atoms with Crippen LogP contribution in [0.15, 0.2) is 30.9 Å². The van der Waals surface area contributed by atoms with E-state index < -0.39 is 0 Å². The summed E-state index contributed by atoms with van der Waals surface area (Å²) >= 11 is 5.79. The summed E-state index contributed by atoms with van der Waals surface area (Å²) in [5.74, 6) is -0.332. The second-order valence-electron chi connectivity index (χ2n) is 3.38. The number of nitrogens with zero attached hydrogens (tertiary/aromatic N) is 3. The number of aryl methyl sites for hydroxylation is 1. The second kappa shape index (κ2) is 4.88. The Kier molecular flexibility index (Phi) is 3.30. The summed E-state index contributed by atoms with van der Waals surface area (Å²) in [4.78, 5) is 23.4. The van der Waals surface area contributed by atoms with Crippen molar-refractivity contribution in [2.24, 2.45) is 0 Å². The van der Waals surface area contributed by atoms with E-state index in [9.17, 15) is 4.79 Å². The van der Waals surface area contributed by atoms with Crippen LogP contribution in [-0.2, 0) is 0 Å². The lowest BCUT2D eigenvalue weighted by Crippen LogP contribution is -2.14. The van der Waals surface area contributed by atoms with Crippen LogP contribution in [0.3, 0.4) is 0 Å². The van der Waals surface area contributed by atoms with Gasteiger partial charge in [0.25, 0.3) is 5.91 Å². The average molecular weight is 249 g/mol. The molecule has 2 rings (SSSR count). The Labute approximate surface area is 103 Å². The minimum atomic E-state index is -0.332. The molecule has 0 unspecified atom stereocenters. The molecular formula is C11H9ClN4O. The van der Waals surface area contributed by atoms with E-state index in [1.54, 1.807) is 6.07 Å². The maximum Gasteiger partial charge on any atom is 0.275 e. The van der Waals surface area contributed by atoms with Gasteiger partial charge in [-0.1, -0.05) is 11.6 Å². The molecule has 0 spiro atoms. The zero-order valence-corrected chi connectivity index (χ0v) is 9.77. The van der Waals surface area contributed by atoms with Gasteiger partial charge in [0.15, 0.2) is 0 Å². The third kappa shape index (κ3) is 2.76. The number of hydrogen-bond donors (Lipinski definition) is 1. The van der Waals surface area contributed by atoms with Crippen molar-refractivity contribution in [1.29, 1.82) is 0 Å². The first-order valence-corrected chi connectivity index (χ1v) is 5.24. The SMILES string of the molecule is Cc1cc(NC(=O)c2cnccn2)cnc1Cl. The van der Waals surface area contributed by atoms with Crippen molar-refractivity contribution in [3.8, 4) is 0 Å². The summed E-state index contributed by atoms with van der Waals surface area (Å²) in [6.45, 7) is 1.81. The number of carbonyl (C=O) groups excluding carboxylic acids is 1. The lowest BCUT2D eigenvalue weighted by Gasteiger charge is -2.05. The lowest BCUT2D eigenvalue weighted by molar-refractivity contribution is 0.102. The Hall–Kier alpha value is -2.01. The molecule has 0 bridgehead atoms. The van der Waals surface area contributed by atoms with E-state index in [1.165, 1.54) is 24.8 Å². The highest BCUT2D eigenvalue weighted by molar-refractivity contribution is 6.30. The molecule has 17 heavy (non-hydrogen) atoms. The van der Waals surface area contributed by atoms with Gasteiger partial charge in [0, 0.05) is 12.4 Å². The normalized spacial score (nSPS) is 10.0. The summed E-state index contributed by atoms with van der Waals surface area (Å²) < 4.78 is 0. The Morgan fingerprint density at radius 2 is 2.12 bits per heavy atom. The molecule has 2 aromatic rings. The van der Waals surface area contributed by atoms with Crippen LogP contribution in [0.5, 0.6) is 0 Å². The van der Waals surface area contributed by atoms with Gasteiger partial charge < -0.3 is 5.32 Å². The number of anilines is 1. The van der Waals surface area contributed by atoms with Gasteiger partial charge in [-0.3, -0.25) is 9.78 Å². The highest BCUT2D eigenvalue weighted by Crippen LogP contribution is 2.16. The van der Waals surface area contributed by atoms with Crippen molar-refractivity contribution in [3.63, 3.8) is 0 Å². The van der Waals surface area contributed by atoms with E-state index in [0.717, 1.165) is 5.56 Å². The van der Waals surface area contributed by atoms with E-state index in [1.807, 2.05) is 6.92 Å². The predicted octanol–water partition coefficient (Wildman–Crippen LogP) is 2.09. The Morgan fingerprint density at radius 3 is 2.76 bits per heavy atom. The Morgan fingerprint density at radius 1 is 1.29 bits per heavy atom. The molecule has 0 aliphatic carbocycles. The molecular weight excluding hydrogens is 240 g/mol. The Balaban J connectivity index is 2.16. The predicted molar refractivity (Wildman–Crippen MR) is 64.0 cm³/mol. The van der Waals surface area contributed by atoms with Crippen molar-refractivity contribution < 1.29 is 4.79 Å².